The SMILES string of the molecule is O=C(Nc1ccncc1Nc1ccc(Cl)cc1)c1cnc(NC2CCOCC2)nc1. The van der Waals surface area contributed by atoms with Crippen LogP contribution in [-0.4, -0.2) is 40.1 Å². The first-order valence-corrected chi connectivity index (χ1v) is 9.99. The number of carbonyl (C=O) groups excluding carboxylic acids is 1. The topological polar surface area (TPSA) is 101 Å². The number of rotatable bonds is 6. The van der Waals surface area contributed by atoms with Gasteiger partial charge in [-0.3, -0.25) is 9.78 Å². The summed E-state index contributed by atoms with van der Waals surface area (Å²) >= 11 is 5.93. The van der Waals surface area contributed by atoms with Gasteiger partial charge in [0.1, 0.15) is 0 Å². The van der Waals surface area contributed by atoms with Crippen molar-refractivity contribution in [2.75, 3.05) is 29.2 Å². The van der Waals surface area contributed by atoms with Crippen molar-refractivity contribution in [3.8, 4) is 0 Å². The first-order chi connectivity index (χ1) is 14.7. The molecule has 1 amide bonds. The van der Waals surface area contributed by atoms with Crippen molar-refractivity contribution in [3.63, 3.8) is 0 Å². The van der Waals surface area contributed by atoms with Crippen LogP contribution in [0.15, 0.2) is 55.1 Å². The number of ether oxygens (including phenoxy) is 1. The Morgan fingerprint density at radius 1 is 1.00 bits per heavy atom. The van der Waals surface area contributed by atoms with Gasteiger partial charge in [0.25, 0.3) is 5.91 Å². The van der Waals surface area contributed by atoms with E-state index in [0.717, 1.165) is 31.7 Å². The fraction of sp³-hybridized carbons (Fsp3) is 0.238. The van der Waals surface area contributed by atoms with Crippen LogP contribution in [0.5, 0.6) is 0 Å². The molecular formula is C21H21ClN6O2. The number of halogens is 1. The maximum Gasteiger partial charge on any atom is 0.258 e. The lowest BCUT2D eigenvalue weighted by Gasteiger charge is -2.22. The lowest BCUT2D eigenvalue weighted by molar-refractivity contribution is 0.0903. The Morgan fingerprint density at radius 3 is 2.47 bits per heavy atom. The minimum absolute atomic E-state index is 0.289. The van der Waals surface area contributed by atoms with E-state index in [0.29, 0.717) is 27.9 Å². The average molecular weight is 425 g/mol. The number of nitrogens with zero attached hydrogens (tertiary/aromatic N) is 3. The predicted octanol–water partition coefficient (Wildman–Crippen LogP) is 4.11. The van der Waals surface area contributed by atoms with E-state index >= 15 is 0 Å². The van der Waals surface area contributed by atoms with E-state index in [1.807, 2.05) is 12.1 Å². The molecule has 2 aromatic heterocycles. The molecule has 3 N–H and O–H groups in total. The molecule has 30 heavy (non-hydrogen) atoms. The maximum atomic E-state index is 12.7. The van der Waals surface area contributed by atoms with E-state index in [4.69, 9.17) is 16.3 Å². The van der Waals surface area contributed by atoms with Crippen LogP contribution in [0.3, 0.4) is 0 Å². The van der Waals surface area contributed by atoms with Gasteiger partial charge in [0.15, 0.2) is 0 Å². The van der Waals surface area contributed by atoms with E-state index in [2.05, 4.69) is 30.9 Å². The molecule has 1 aliphatic rings. The summed E-state index contributed by atoms with van der Waals surface area (Å²) in [5.74, 6) is 0.199. The first-order valence-electron chi connectivity index (χ1n) is 9.62. The van der Waals surface area contributed by atoms with Gasteiger partial charge in [-0.1, -0.05) is 11.6 Å². The molecule has 1 aliphatic heterocycles. The highest BCUT2D eigenvalue weighted by Crippen LogP contribution is 2.25. The summed E-state index contributed by atoms with van der Waals surface area (Å²) in [6.07, 6.45) is 8.10. The highest BCUT2D eigenvalue weighted by molar-refractivity contribution is 6.30. The Morgan fingerprint density at radius 2 is 1.73 bits per heavy atom. The van der Waals surface area contributed by atoms with Gasteiger partial charge in [-0.2, -0.15) is 0 Å². The van der Waals surface area contributed by atoms with Gasteiger partial charge in [0.05, 0.1) is 23.1 Å². The minimum Gasteiger partial charge on any atom is -0.381 e. The summed E-state index contributed by atoms with van der Waals surface area (Å²) in [4.78, 5) is 25.3. The molecule has 3 aromatic rings. The Balaban J connectivity index is 1.41. The van der Waals surface area contributed by atoms with E-state index in [9.17, 15) is 4.79 Å². The molecule has 0 aliphatic carbocycles. The van der Waals surface area contributed by atoms with Crippen LogP contribution in [0, 0.1) is 0 Å². The number of carbonyl (C=O) groups is 1. The molecule has 8 nitrogen and oxygen atoms in total. The lowest BCUT2D eigenvalue weighted by Crippen LogP contribution is -2.28. The van der Waals surface area contributed by atoms with Gasteiger partial charge in [0, 0.05) is 48.6 Å². The van der Waals surface area contributed by atoms with Crippen molar-refractivity contribution in [3.05, 3.63) is 65.7 Å². The number of nitrogens with one attached hydrogen (secondary N) is 3. The van der Waals surface area contributed by atoms with Gasteiger partial charge in [-0.25, -0.2) is 9.97 Å². The van der Waals surface area contributed by atoms with Gasteiger partial charge in [-0.15, -0.1) is 0 Å². The molecule has 0 spiro atoms. The molecule has 0 bridgehead atoms. The number of amides is 1. The Labute approximate surface area is 179 Å². The van der Waals surface area contributed by atoms with E-state index in [-0.39, 0.29) is 11.9 Å². The van der Waals surface area contributed by atoms with Crippen LogP contribution in [0.25, 0.3) is 0 Å². The van der Waals surface area contributed by atoms with Crippen molar-refractivity contribution in [1.82, 2.24) is 15.0 Å². The summed E-state index contributed by atoms with van der Waals surface area (Å²) in [7, 11) is 0. The lowest BCUT2D eigenvalue weighted by atomic mass is 10.1. The van der Waals surface area contributed by atoms with Gasteiger partial charge >= 0.3 is 0 Å². The fourth-order valence-corrected chi connectivity index (χ4v) is 3.16. The normalized spacial score (nSPS) is 14.2. The molecule has 9 heteroatoms. The number of hydrogen-bond donors (Lipinski definition) is 3. The second-order valence-electron chi connectivity index (χ2n) is 6.83. The molecule has 0 unspecified atom stereocenters. The number of pyridine rings is 1. The first kappa shape index (κ1) is 20.1. The van der Waals surface area contributed by atoms with E-state index in [1.165, 1.54) is 12.4 Å². The molecule has 0 atom stereocenters. The number of aromatic nitrogens is 3. The van der Waals surface area contributed by atoms with Crippen molar-refractivity contribution >= 4 is 40.5 Å². The highest BCUT2D eigenvalue weighted by Gasteiger charge is 2.15. The van der Waals surface area contributed by atoms with Crippen molar-refractivity contribution < 1.29 is 9.53 Å². The molecule has 1 fully saturated rings. The Bertz CT molecular complexity index is 991. The zero-order valence-electron chi connectivity index (χ0n) is 16.1. The summed E-state index contributed by atoms with van der Waals surface area (Å²) in [6.45, 7) is 1.47. The molecular weight excluding hydrogens is 404 g/mol. The van der Waals surface area contributed by atoms with Crippen molar-refractivity contribution in [1.29, 1.82) is 0 Å². The third-order valence-corrected chi connectivity index (χ3v) is 4.91. The summed E-state index contributed by atoms with van der Waals surface area (Å²) < 4.78 is 5.35. The zero-order chi connectivity index (χ0) is 20.8. The fourth-order valence-electron chi connectivity index (χ4n) is 3.03. The summed E-state index contributed by atoms with van der Waals surface area (Å²) in [5, 5.41) is 10.0. The molecule has 1 saturated heterocycles. The smallest absolute Gasteiger partial charge is 0.258 e. The molecule has 154 valence electrons. The molecule has 1 aromatic carbocycles. The van der Waals surface area contributed by atoms with E-state index < -0.39 is 0 Å². The summed E-state index contributed by atoms with van der Waals surface area (Å²) in [6, 6.07) is 9.27. The number of benzene rings is 1. The third-order valence-electron chi connectivity index (χ3n) is 4.66. The second-order valence-corrected chi connectivity index (χ2v) is 7.27. The number of hydrogen-bond acceptors (Lipinski definition) is 7. The van der Waals surface area contributed by atoms with Gasteiger partial charge in [-0.05, 0) is 43.2 Å². The van der Waals surface area contributed by atoms with Crippen LogP contribution >= 0.6 is 11.6 Å². The third kappa shape index (κ3) is 5.22. The average Bonchev–Trinajstić information content (AvgIpc) is 2.78. The zero-order valence-corrected chi connectivity index (χ0v) is 16.9. The van der Waals surface area contributed by atoms with Crippen LogP contribution in [0.1, 0.15) is 23.2 Å². The number of anilines is 4. The van der Waals surface area contributed by atoms with E-state index in [1.54, 1.807) is 30.6 Å². The van der Waals surface area contributed by atoms with Crippen LogP contribution < -0.4 is 16.0 Å². The maximum absolute atomic E-state index is 12.7. The van der Waals surface area contributed by atoms with Crippen LogP contribution in [0.2, 0.25) is 5.02 Å². The Kier molecular flexibility index (Phi) is 6.36. The van der Waals surface area contributed by atoms with Crippen LogP contribution in [-0.2, 0) is 4.74 Å². The molecule has 0 radical (unpaired) electrons. The Hall–Kier alpha value is -3.23. The van der Waals surface area contributed by atoms with Crippen molar-refractivity contribution in [2.24, 2.45) is 0 Å². The minimum atomic E-state index is -0.307. The van der Waals surface area contributed by atoms with Gasteiger partial charge < -0.3 is 20.7 Å². The highest BCUT2D eigenvalue weighted by atomic mass is 35.5. The predicted molar refractivity (Wildman–Crippen MR) is 116 cm³/mol. The second kappa shape index (κ2) is 9.51. The standard InChI is InChI=1S/C21H21ClN6O2/c22-15-1-3-16(4-2-15)26-19-13-23-8-5-18(19)28-20(29)14-11-24-21(25-12-14)27-17-6-9-30-10-7-17/h1-5,8,11-13,17,26H,6-7,9-10H2,(H,23,28,29)(H,24,25,27). The van der Waals surface area contributed by atoms with Crippen LogP contribution in [0.4, 0.5) is 23.0 Å². The summed E-state index contributed by atoms with van der Waals surface area (Å²) in [5.41, 5.74) is 2.44. The molecule has 4 rings (SSSR count). The largest absolute Gasteiger partial charge is 0.381 e. The monoisotopic (exact) mass is 424 g/mol. The quantitative estimate of drug-likeness (QED) is 0.547. The van der Waals surface area contributed by atoms with Crippen molar-refractivity contribution in [2.45, 2.75) is 18.9 Å². The van der Waals surface area contributed by atoms with Gasteiger partial charge in [0.2, 0.25) is 5.95 Å². The molecule has 3 heterocycles. The molecule has 0 saturated carbocycles.